The number of pyridine rings is 1. The first-order valence-electron chi connectivity index (χ1n) is 6.05. The second-order valence-corrected chi connectivity index (χ2v) is 5.43. The van der Waals surface area contributed by atoms with Gasteiger partial charge in [-0.15, -0.1) is 10.2 Å². The van der Waals surface area contributed by atoms with Crippen molar-refractivity contribution in [2.45, 2.75) is 13.1 Å². The lowest BCUT2D eigenvalue weighted by Gasteiger charge is -2.15. The van der Waals surface area contributed by atoms with Crippen molar-refractivity contribution in [1.29, 1.82) is 0 Å². The Hall–Kier alpha value is -2.06. The number of hydrogen-bond donors (Lipinski definition) is 2. The highest BCUT2D eigenvalue weighted by Gasteiger charge is 2.08. The standard InChI is InChI=1S/C12H16N6OS/c1-18(7-9-2-4-14-5-3-9)8-10(19)15-6-11-16-17-12(13)20-11/h2-5H,6-8H2,1H3,(H2,13,17)(H,15,19). The Bertz CT molecular complexity index is 558. The predicted octanol–water partition coefficient (Wildman–Crippen LogP) is 0.264. The van der Waals surface area contributed by atoms with Gasteiger partial charge in [-0.05, 0) is 24.7 Å². The van der Waals surface area contributed by atoms with E-state index in [4.69, 9.17) is 5.73 Å². The molecular weight excluding hydrogens is 276 g/mol. The molecule has 0 aliphatic carbocycles. The monoisotopic (exact) mass is 292 g/mol. The number of likely N-dealkylation sites (N-methyl/N-ethyl adjacent to an activating group) is 1. The molecule has 0 aromatic carbocycles. The van der Waals surface area contributed by atoms with E-state index in [2.05, 4.69) is 20.5 Å². The van der Waals surface area contributed by atoms with Crippen LogP contribution in [0.15, 0.2) is 24.5 Å². The number of rotatable bonds is 6. The quantitative estimate of drug-likeness (QED) is 0.793. The van der Waals surface area contributed by atoms with Crippen LogP contribution in [0.5, 0.6) is 0 Å². The molecule has 0 aliphatic heterocycles. The van der Waals surface area contributed by atoms with Crippen LogP contribution in [0.3, 0.4) is 0 Å². The zero-order valence-corrected chi connectivity index (χ0v) is 11.9. The summed E-state index contributed by atoms with van der Waals surface area (Å²) >= 11 is 1.27. The summed E-state index contributed by atoms with van der Waals surface area (Å²) in [5.74, 6) is -0.0599. The van der Waals surface area contributed by atoms with Crippen molar-refractivity contribution in [2.24, 2.45) is 0 Å². The lowest BCUT2D eigenvalue weighted by atomic mass is 10.2. The third kappa shape index (κ3) is 4.56. The largest absolute Gasteiger partial charge is 0.374 e. The van der Waals surface area contributed by atoms with Gasteiger partial charge in [0.05, 0.1) is 13.1 Å². The van der Waals surface area contributed by atoms with Crippen LogP contribution in [-0.2, 0) is 17.9 Å². The van der Waals surface area contributed by atoms with Crippen LogP contribution < -0.4 is 11.1 Å². The van der Waals surface area contributed by atoms with Gasteiger partial charge < -0.3 is 11.1 Å². The smallest absolute Gasteiger partial charge is 0.234 e. The molecule has 0 radical (unpaired) electrons. The Morgan fingerprint density at radius 1 is 1.40 bits per heavy atom. The highest BCUT2D eigenvalue weighted by Crippen LogP contribution is 2.10. The van der Waals surface area contributed by atoms with E-state index >= 15 is 0 Å². The van der Waals surface area contributed by atoms with Gasteiger partial charge in [0.2, 0.25) is 11.0 Å². The average molecular weight is 292 g/mol. The Kier molecular flexibility index (Phi) is 4.97. The van der Waals surface area contributed by atoms with Gasteiger partial charge in [0, 0.05) is 18.9 Å². The summed E-state index contributed by atoms with van der Waals surface area (Å²) in [4.78, 5) is 17.7. The zero-order valence-electron chi connectivity index (χ0n) is 11.1. The second kappa shape index (κ2) is 6.92. The first-order chi connectivity index (χ1) is 9.63. The van der Waals surface area contributed by atoms with Crippen LogP contribution in [0.25, 0.3) is 0 Å². The highest BCUT2D eigenvalue weighted by atomic mass is 32.1. The summed E-state index contributed by atoms with van der Waals surface area (Å²) in [6.45, 7) is 1.37. The lowest BCUT2D eigenvalue weighted by molar-refractivity contribution is -0.122. The van der Waals surface area contributed by atoms with Crippen molar-refractivity contribution in [3.05, 3.63) is 35.1 Å². The molecule has 106 valence electrons. The molecule has 2 rings (SSSR count). The molecule has 3 N–H and O–H groups in total. The fraction of sp³-hybridized carbons (Fsp3) is 0.333. The first kappa shape index (κ1) is 14.4. The fourth-order valence-corrected chi connectivity index (χ4v) is 2.22. The molecule has 0 fully saturated rings. The van der Waals surface area contributed by atoms with E-state index < -0.39 is 0 Å². The molecule has 0 atom stereocenters. The number of nitrogens with two attached hydrogens (primary N) is 1. The number of amides is 1. The van der Waals surface area contributed by atoms with Crippen LogP contribution in [0, 0.1) is 0 Å². The summed E-state index contributed by atoms with van der Waals surface area (Å²) in [6, 6.07) is 3.86. The molecular formula is C12H16N6OS. The molecule has 2 aromatic heterocycles. The Balaban J connectivity index is 1.73. The van der Waals surface area contributed by atoms with E-state index in [-0.39, 0.29) is 5.91 Å². The normalized spacial score (nSPS) is 10.7. The Morgan fingerprint density at radius 2 is 2.15 bits per heavy atom. The molecule has 8 heteroatoms. The average Bonchev–Trinajstić information content (AvgIpc) is 2.83. The van der Waals surface area contributed by atoms with Crippen molar-refractivity contribution >= 4 is 22.4 Å². The van der Waals surface area contributed by atoms with E-state index in [1.807, 2.05) is 24.1 Å². The minimum atomic E-state index is -0.0599. The summed E-state index contributed by atoms with van der Waals surface area (Å²) in [5.41, 5.74) is 6.59. The SMILES string of the molecule is CN(CC(=O)NCc1nnc(N)s1)Cc1ccncc1. The van der Waals surface area contributed by atoms with E-state index in [0.717, 1.165) is 5.56 Å². The Labute approximate surface area is 120 Å². The molecule has 0 bridgehead atoms. The number of aromatic nitrogens is 3. The van der Waals surface area contributed by atoms with Gasteiger partial charge in [-0.2, -0.15) is 0 Å². The van der Waals surface area contributed by atoms with Crippen molar-refractivity contribution in [3.63, 3.8) is 0 Å². The number of carbonyl (C=O) groups is 1. The van der Waals surface area contributed by atoms with Crippen LogP contribution in [0.4, 0.5) is 5.13 Å². The molecule has 0 aliphatic rings. The van der Waals surface area contributed by atoms with Gasteiger partial charge in [0.15, 0.2) is 0 Å². The topological polar surface area (TPSA) is 97.0 Å². The molecule has 20 heavy (non-hydrogen) atoms. The molecule has 0 saturated carbocycles. The van der Waals surface area contributed by atoms with Gasteiger partial charge in [-0.25, -0.2) is 0 Å². The van der Waals surface area contributed by atoms with Crippen molar-refractivity contribution in [1.82, 2.24) is 25.4 Å². The van der Waals surface area contributed by atoms with Gasteiger partial charge in [-0.1, -0.05) is 11.3 Å². The number of nitrogens with zero attached hydrogens (tertiary/aromatic N) is 4. The number of carbonyl (C=O) groups excluding carboxylic acids is 1. The summed E-state index contributed by atoms with van der Waals surface area (Å²) < 4.78 is 0. The minimum Gasteiger partial charge on any atom is -0.374 e. The van der Waals surface area contributed by atoms with Gasteiger partial charge in [0.25, 0.3) is 0 Å². The second-order valence-electron chi connectivity index (χ2n) is 4.34. The number of nitrogens with one attached hydrogen (secondary N) is 1. The lowest BCUT2D eigenvalue weighted by Crippen LogP contribution is -2.34. The van der Waals surface area contributed by atoms with E-state index in [0.29, 0.717) is 29.8 Å². The number of nitrogen functional groups attached to an aromatic ring is 1. The molecule has 0 saturated heterocycles. The van der Waals surface area contributed by atoms with Gasteiger partial charge >= 0.3 is 0 Å². The molecule has 0 spiro atoms. The van der Waals surface area contributed by atoms with Crippen molar-refractivity contribution in [2.75, 3.05) is 19.3 Å². The molecule has 7 nitrogen and oxygen atoms in total. The fourth-order valence-electron chi connectivity index (χ4n) is 1.67. The van der Waals surface area contributed by atoms with Gasteiger partial charge in [0.1, 0.15) is 5.01 Å². The third-order valence-electron chi connectivity index (χ3n) is 2.53. The summed E-state index contributed by atoms with van der Waals surface area (Å²) in [5, 5.41) is 11.4. The number of anilines is 1. The molecule has 2 aromatic rings. The Morgan fingerprint density at radius 3 is 2.80 bits per heavy atom. The third-order valence-corrected chi connectivity index (χ3v) is 3.29. The minimum absolute atomic E-state index is 0.0599. The molecule has 2 heterocycles. The maximum atomic E-state index is 11.8. The zero-order chi connectivity index (χ0) is 14.4. The predicted molar refractivity (Wildman–Crippen MR) is 76.7 cm³/mol. The maximum Gasteiger partial charge on any atom is 0.234 e. The summed E-state index contributed by atoms with van der Waals surface area (Å²) in [6.07, 6.45) is 3.48. The first-order valence-corrected chi connectivity index (χ1v) is 6.87. The molecule has 0 unspecified atom stereocenters. The number of hydrogen-bond acceptors (Lipinski definition) is 7. The molecule has 1 amide bonds. The van der Waals surface area contributed by atoms with Crippen molar-refractivity contribution in [3.8, 4) is 0 Å². The van der Waals surface area contributed by atoms with E-state index in [9.17, 15) is 4.79 Å². The van der Waals surface area contributed by atoms with Crippen LogP contribution in [0.2, 0.25) is 0 Å². The van der Waals surface area contributed by atoms with E-state index in [1.54, 1.807) is 12.4 Å². The van der Waals surface area contributed by atoms with Crippen LogP contribution >= 0.6 is 11.3 Å². The highest BCUT2D eigenvalue weighted by molar-refractivity contribution is 7.15. The van der Waals surface area contributed by atoms with E-state index in [1.165, 1.54) is 11.3 Å². The van der Waals surface area contributed by atoms with Crippen LogP contribution in [0.1, 0.15) is 10.6 Å². The van der Waals surface area contributed by atoms with Gasteiger partial charge in [-0.3, -0.25) is 14.7 Å². The maximum absolute atomic E-state index is 11.8. The van der Waals surface area contributed by atoms with Crippen molar-refractivity contribution < 1.29 is 4.79 Å². The van der Waals surface area contributed by atoms with Crippen LogP contribution in [-0.4, -0.2) is 39.6 Å². The summed E-state index contributed by atoms with van der Waals surface area (Å²) in [7, 11) is 1.89.